The first-order valence-electron chi connectivity index (χ1n) is 2.30. The Kier molecular flexibility index (Phi) is 9.05. The van der Waals surface area contributed by atoms with Gasteiger partial charge in [-0.05, 0) is 6.54 Å². The van der Waals surface area contributed by atoms with Crippen LogP contribution in [0.5, 0.6) is 0 Å². The molecule has 0 aromatic rings. The van der Waals surface area contributed by atoms with Gasteiger partial charge in [0.2, 0.25) is 0 Å². The second-order valence-corrected chi connectivity index (χ2v) is 1.66. The van der Waals surface area contributed by atoms with Gasteiger partial charge in [0.25, 0.3) is 0 Å². The second kappa shape index (κ2) is 6.15. The summed E-state index contributed by atoms with van der Waals surface area (Å²) in [6.45, 7) is 7.71. The molecule has 0 saturated heterocycles. The average molecular weight is 189 g/mol. The summed E-state index contributed by atoms with van der Waals surface area (Å²) < 4.78 is 0. The topological polar surface area (TPSA) is 52.0 Å². The van der Waals surface area contributed by atoms with Crippen molar-refractivity contribution in [1.82, 2.24) is 0 Å². The van der Waals surface area contributed by atoms with Crippen LogP contribution in [0.25, 0.3) is 0 Å². The van der Waals surface area contributed by atoms with Gasteiger partial charge < -0.3 is 25.3 Å². The van der Waals surface area contributed by atoms with Crippen molar-refractivity contribution >= 4 is 0 Å². The summed E-state index contributed by atoms with van der Waals surface area (Å²) in [7, 11) is 0. The van der Waals surface area contributed by atoms with Crippen molar-refractivity contribution in [1.29, 1.82) is 0 Å². The van der Waals surface area contributed by atoms with Gasteiger partial charge in [-0.2, -0.15) is 5.92 Å². The molecule has 2 unspecified atom stereocenters. The summed E-state index contributed by atoms with van der Waals surface area (Å²) in [6.07, 6.45) is 0. The van der Waals surface area contributed by atoms with E-state index < -0.39 is 0 Å². The maximum absolute atomic E-state index is 5.29. The van der Waals surface area contributed by atoms with Crippen LogP contribution in [0.2, 0.25) is 0 Å². The molecule has 0 saturated carbocycles. The molecule has 47 valence electrons. The van der Waals surface area contributed by atoms with E-state index in [0.717, 1.165) is 0 Å². The van der Waals surface area contributed by atoms with Crippen LogP contribution in [0, 0.1) is 19.8 Å². The summed E-state index contributed by atoms with van der Waals surface area (Å²) in [5, 5.41) is 0. The Morgan fingerprint density at radius 2 is 1.75 bits per heavy atom. The van der Waals surface area contributed by atoms with E-state index in [4.69, 9.17) is 11.5 Å². The molecule has 0 aromatic carbocycles. The number of hydrogen-bond acceptors (Lipinski definition) is 2. The van der Waals surface area contributed by atoms with Crippen LogP contribution < -0.4 is 11.5 Å². The van der Waals surface area contributed by atoms with E-state index in [1.165, 1.54) is 0 Å². The van der Waals surface area contributed by atoms with Crippen molar-refractivity contribution in [3.63, 3.8) is 0 Å². The standard InChI is InChI=1S/C5H12N2.Y/c1-4(3-6)5(2)7;/h4-5H,1-3,6-7H2;/q-2;. The van der Waals surface area contributed by atoms with Crippen molar-refractivity contribution in [3.8, 4) is 0 Å². The summed E-state index contributed by atoms with van der Waals surface area (Å²) >= 11 is 0. The maximum atomic E-state index is 5.29. The SMILES string of the molecule is [CH2-]C(N)C([CH2-])CN.[Y]. The predicted molar refractivity (Wildman–Crippen MR) is 31.2 cm³/mol. The van der Waals surface area contributed by atoms with Crippen LogP contribution in [0.4, 0.5) is 0 Å². The van der Waals surface area contributed by atoms with Gasteiger partial charge in [-0.3, -0.25) is 0 Å². The quantitative estimate of drug-likeness (QED) is 0.578. The maximum Gasteiger partial charge on any atom is 0 e. The van der Waals surface area contributed by atoms with Crippen molar-refractivity contribution < 1.29 is 32.7 Å². The van der Waals surface area contributed by atoms with Gasteiger partial charge in [-0.1, -0.05) is 0 Å². The molecule has 0 rings (SSSR count). The molecule has 3 heteroatoms. The fourth-order valence-corrected chi connectivity index (χ4v) is 0.175. The molecule has 0 spiro atoms. The number of hydrogen-bond donors (Lipinski definition) is 2. The first kappa shape index (κ1) is 11.8. The Labute approximate surface area is 76.3 Å². The molecule has 0 heterocycles. The van der Waals surface area contributed by atoms with Crippen LogP contribution in [0.15, 0.2) is 0 Å². The van der Waals surface area contributed by atoms with Gasteiger partial charge >= 0.3 is 0 Å². The molecule has 2 nitrogen and oxygen atoms in total. The predicted octanol–water partition coefficient (Wildman–Crippen LogP) is -0.446. The first-order chi connectivity index (χ1) is 3.18. The molecule has 2 atom stereocenters. The minimum absolute atomic E-state index is 0. The Morgan fingerprint density at radius 1 is 1.38 bits per heavy atom. The third kappa shape index (κ3) is 5.17. The minimum atomic E-state index is -0.120. The minimum Gasteiger partial charge on any atom is -0.359 e. The van der Waals surface area contributed by atoms with Crippen LogP contribution in [0.1, 0.15) is 0 Å². The normalized spacial score (nSPS) is 16.5. The van der Waals surface area contributed by atoms with Gasteiger partial charge in [-0.25, -0.2) is 0 Å². The Balaban J connectivity index is 0. The third-order valence-electron chi connectivity index (χ3n) is 0.908. The van der Waals surface area contributed by atoms with Crippen LogP contribution >= 0.6 is 0 Å². The second-order valence-electron chi connectivity index (χ2n) is 1.66. The zero-order valence-electron chi connectivity index (χ0n) is 5.01. The molecular formula is C5H12N2Y-2. The Hall–Kier alpha value is 1.02. The Bertz CT molecular complexity index is 47.7. The van der Waals surface area contributed by atoms with E-state index in [2.05, 4.69) is 13.8 Å². The smallest absolute Gasteiger partial charge is 0 e. The molecular weight excluding hydrogens is 177 g/mol. The van der Waals surface area contributed by atoms with Gasteiger partial charge in [0.1, 0.15) is 0 Å². The molecule has 0 bridgehead atoms. The molecule has 8 heavy (non-hydrogen) atoms. The van der Waals surface area contributed by atoms with Gasteiger partial charge in [-0.15, -0.1) is 6.04 Å². The van der Waals surface area contributed by atoms with Crippen molar-refractivity contribution in [3.05, 3.63) is 13.8 Å². The van der Waals surface area contributed by atoms with E-state index in [-0.39, 0.29) is 44.7 Å². The van der Waals surface area contributed by atoms with Crippen molar-refractivity contribution in [2.45, 2.75) is 6.04 Å². The summed E-state index contributed by atoms with van der Waals surface area (Å²) in [4.78, 5) is 0. The van der Waals surface area contributed by atoms with Crippen LogP contribution in [-0.2, 0) is 32.7 Å². The summed E-state index contributed by atoms with van der Waals surface area (Å²) in [5.74, 6) is 0.0972. The zero-order valence-corrected chi connectivity index (χ0v) is 7.85. The fourth-order valence-electron chi connectivity index (χ4n) is 0.175. The molecule has 0 fully saturated rings. The fraction of sp³-hybridized carbons (Fsp3) is 0.600. The van der Waals surface area contributed by atoms with E-state index >= 15 is 0 Å². The van der Waals surface area contributed by atoms with Crippen LogP contribution in [-0.4, -0.2) is 12.6 Å². The van der Waals surface area contributed by atoms with Gasteiger partial charge in [0.05, 0.1) is 0 Å². The first-order valence-corrected chi connectivity index (χ1v) is 2.30. The monoisotopic (exact) mass is 189 g/mol. The van der Waals surface area contributed by atoms with Gasteiger partial charge in [0.15, 0.2) is 0 Å². The third-order valence-corrected chi connectivity index (χ3v) is 0.908. The average Bonchev–Trinajstić information content (AvgIpc) is 1.65. The van der Waals surface area contributed by atoms with Crippen molar-refractivity contribution in [2.75, 3.05) is 6.54 Å². The van der Waals surface area contributed by atoms with E-state index in [0.29, 0.717) is 6.54 Å². The Morgan fingerprint density at radius 3 is 1.75 bits per heavy atom. The zero-order chi connectivity index (χ0) is 5.86. The summed E-state index contributed by atoms with van der Waals surface area (Å²) in [5.41, 5.74) is 10.5. The molecule has 0 aromatic heterocycles. The molecule has 0 aliphatic carbocycles. The van der Waals surface area contributed by atoms with E-state index in [9.17, 15) is 0 Å². The molecule has 0 aliphatic heterocycles. The van der Waals surface area contributed by atoms with Gasteiger partial charge in [0, 0.05) is 32.7 Å². The largest absolute Gasteiger partial charge is 0.359 e. The molecule has 4 N–H and O–H groups in total. The number of rotatable bonds is 2. The number of nitrogens with two attached hydrogens (primary N) is 2. The summed E-state index contributed by atoms with van der Waals surface area (Å²) in [6, 6.07) is -0.120. The molecule has 0 amide bonds. The van der Waals surface area contributed by atoms with E-state index in [1.807, 2.05) is 0 Å². The van der Waals surface area contributed by atoms with Crippen LogP contribution in [0.3, 0.4) is 0 Å². The van der Waals surface area contributed by atoms with Crippen molar-refractivity contribution in [2.24, 2.45) is 17.4 Å². The molecule has 0 aliphatic rings. The van der Waals surface area contributed by atoms with E-state index in [1.54, 1.807) is 0 Å². The molecule has 1 radical (unpaired) electrons.